The summed E-state index contributed by atoms with van der Waals surface area (Å²) in [4.78, 5) is 33.9. The molecule has 2 aromatic heterocycles. The van der Waals surface area contributed by atoms with Gasteiger partial charge in [-0.1, -0.05) is 12.1 Å². The predicted molar refractivity (Wildman–Crippen MR) is 157 cm³/mol. The normalized spacial score (nSPS) is 17.1. The highest BCUT2D eigenvalue weighted by Crippen LogP contribution is 2.39. The van der Waals surface area contributed by atoms with Gasteiger partial charge >= 0.3 is 0 Å². The number of hydrogen-bond acceptors (Lipinski definition) is 6. The average molecular weight is 544 g/mol. The van der Waals surface area contributed by atoms with Crippen LogP contribution < -0.4 is 20.7 Å². The van der Waals surface area contributed by atoms with Gasteiger partial charge in [0.2, 0.25) is 5.91 Å². The molecule has 10 nitrogen and oxygen atoms in total. The van der Waals surface area contributed by atoms with Crippen molar-refractivity contribution in [3.05, 3.63) is 42.0 Å². The van der Waals surface area contributed by atoms with E-state index in [0.29, 0.717) is 30.9 Å². The summed E-state index contributed by atoms with van der Waals surface area (Å²) < 4.78 is 10.2. The van der Waals surface area contributed by atoms with Crippen LogP contribution >= 0.6 is 0 Å². The van der Waals surface area contributed by atoms with Crippen molar-refractivity contribution in [3.63, 3.8) is 0 Å². The van der Waals surface area contributed by atoms with Crippen molar-refractivity contribution in [2.45, 2.75) is 38.8 Å². The number of nitrogens with one attached hydrogen (secondary N) is 1. The molecule has 1 fully saturated rings. The van der Waals surface area contributed by atoms with Gasteiger partial charge in [0.1, 0.15) is 11.3 Å². The molecule has 0 radical (unpaired) electrons. The molecule has 1 atom stereocenters. The fraction of sp³-hybridized carbons (Fsp3) is 0.433. The molecular weight excluding hydrogens is 506 g/mol. The van der Waals surface area contributed by atoms with Gasteiger partial charge in [0.05, 0.1) is 29.5 Å². The second-order valence-corrected chi connectivity index (χ2v) is 10.9. The number of anilines is 1. The zero-order valence-electron chi connectivity index (χ0n) is 23.4. The first-order chi connectivity index (χ1) is 19.4. The summed E-state index contributed by atoms with van der Waals surface area (Å²) >= 11 is 0. The Bertz CT molecular complexity index is 1600. The number of rotatable bonds is 7. The summed E-state index contributed by atoms with van der Waals surface area (Å²) in [5, 5.41) is 4.06. The van der Waals surface area contributed by atoms with Gasteiger partial charge in [0, 0.05) is 70.2 Å². The number of piperidine rings is 1. The van der Waals surface area contributed by atoms with Gasteiger partial charge in [-0.2, -0.15) is 0 Å². The van der Waals surface area contributed by atoms with Crippen LogP contribution in [0.4, 0.5) is 5.69 Å². The Hall–Kier alpha value is -4.05. The van der Waals surface area contributed by atoms with Crippen molar-refractivity contribution in [2.24, 2.45) is 12.8 Å². The SMILES string of the molecule is COc1cc(C(=O)N2CCC[C@@H](N)C2)cc2nc(-c3cc4cccc5c4n3CCN5CCCNC(C)=O)n(C)c12. The third kappa shape index (κ3) is 4.56. The third-order valence-corrected chi connectivity index (χ3v) is 8.19. The van der Waals surface area contributed by atoms with Gasteiger partial charge in [-0.3, -0.25) is 9.59 Å². The number of nitrogens with two attached hydrogens (primary N) is 1. The maximum Gasteiger partial charge on any atom is 0.254 e. The van der Waals surface area contributed by atoms with Gasteiger partial charge in [0.15, 0.2) is 5.82 Å². The van der Waals surface area contributed by atoms with Gasteiger partial charge in [-0.25, -0.2) is 4.98 Å². The van der Waals surface area contributed by atoms with Crippen LogP contribution in [0.3, 0.4) is 0 Å². The van der Waals surface area contributed by atoms with Crippen molar-refractivity contribution in [1.82, 2.24) is 24.3 Å². The minimum Gasteiger partial charge on any atom is -0.494 e. The number of imidazole rings is 1. The van der Waals surface area contributed by atoms with E-state index in [2.05, 4.69) is 43.6 Å². The summed E-state index contributed by atoms with van der Waals surface area (Å²) in [7, 11) is 3.63. The number of nitrogens with zero attached hydrogens (tertiary/aromatic N) is 5. The first kappa shape index (κ1) is 26.2. The second kappa shape index (κ2) is 10.5. The lowest BCUT2D eigenvalue weighted by Crippen LogP contribution is -2.45. The zero-order chi connectivity index (χ0) is 28.0. The molecule has 210 valence electrons. The first-order valence-corrected chi connectivity index (χ1v) is 14.1. The summed E-state index contributed by atoms with van der Waals surface area (Å²) in [6.45, 7) is 6.09. The number of benzene rings is 2. The smallest absolute Gasteiger partial charge is 0.254 e. The van der Waals surface area contributed by atoms with Crippen LogP contribution in [0.5, 0.6) is 5.75 Å². The van der Waals surface area contributed by atoms with Gasteiger partial charge in [0.25, 0.3) is 5.91 Å². The van der Waals surface area contributed by atoms with Crippen molar-refractivity contribution in [1.29, 1.82) is 0 Å². The third-order valence-electron chi connectivity index (χ3n) is 8.19. The Morgan fingerprint density at radius 1 is 1.15 bits per heavy atom. The maximum atomic E-state index is 13.4. The number of carbonyl (C=O) groups excluding carboxylic acids is 2. The molecule has 2 amide bonds. The van der Waals surface area contributed by atoms with Gasteiger partial charge in [-0.05, 0) is 43.5 Å². The van der Waals surface area contributed by atoms with E-state index in [9.17, 15) is 9.59 Å². The molecule has 4 aromatic rings. The minimum atomic E-state index is -0.0330. The molecule has 6 rings (SSSR count). The van der Waals surface area contributed by atoms with E-state index in [-0.39, 0.29) is 17.9 Å². The molecule has 0 saturated carbocycles. The Morgan fingerprint density at radius 2 is 2.00 bits per heavy atom. The van der Waals surface area contributed by atoms with Crippen LogP contribution in [0.25, 0.3) is 33.5 Å². The zero-order valence-corrected chi connectivity index (χ0v) is 23.4. The lowest BCUT2D eigenvalue weighted by Gasteiger charge is -2.31. The molecule has 2 aliphatic heterocycles. The van der Waals surface area contributed by atoms with Crippen LogP contribution in [0.1, 0.15) is 36.5 Å². The van der Waals surface area contributed by atoms with E-state index >= 15 is 0 Å². The molecule has 0 bridgehead atoms. The maximum absolute atomic E-state index is 13.4. The van der Waals surface area contributed by atoms with E-state index in [1.807, 2.05) is 24.1 Å². The van der Waals surface area contributed by atoms with Crippen molar-refractivity contribution < 1.29 is 14.3 Å². The Kier molecular flexibility index (Phi) is 6.87. The van der Waals surface area contributed by atoms with Crippen LogP contribution in [-0.2, 0) is 18.4 Å². The van der Waals surface area contributed by atoms with E-state index in [1.54, 1.807) is 14.0 Å². The largest absolute Gasteiger partial charge is 0.494 e. The van der Waals surface area contributed by atoms with E-state index in [1.165, 1.54) is 11.2 Å². The Balaban J connectivity index is 1.37. The van der Waals surface area contributed by atoms with Crippen molar-refractivity contribution >= 4 is 39.4 Å². The standard InChI is InChI=1S/C30H37N7O3/c1-19(38)32-10-6-12-35-13-14-37-25(16-20-7-4-9-24(35)27(20)37)29-33-23-15-21(17-26(40-3)28(23)34(29)2)30(39)36-11-5-8-22(31)18-36/h4,7,9,15-17,22H,5-6,8,10-14,18,31H2,1-3H3,(H,32,38)/t22-/m1/s1. The minimum absolute atomic E-state index is 0.00512. The number of ether oxygens (including phenoxy) is 1. The molecule has 0 spiro atoms. The molecule has 10 heteroatoms. The van der Waals surface area contributed by atoms with Crippen molar-refractivity contribution in [3.8, 4) is 17.3 Å². The van der Waals surface area contributed by atoms with Crippen molar-refractivity contribution in [2.75, 3.05) is 44.7 Å². The number of likely N-dealkylation sites (tertiary alicyclic amines) is 1. The molecular formula is C30H37N7O3. The lowest BCUT2D eigenvalue weighted by atomic mass is 10.0. The quantitative estimate of drug-likeness (QED) is 0.347. The molecule has 0 unspecified atom stereocenters. The number of fused-ring (bicyclic) bond motifs is 1. The highest BCUT2D eigenvalue weighted by Gasteiger charge is 2.27. The molecule has 0 aliphatic carbocycles. The van der Waals surface area contributed by atoms with Crippen LogP contribution in [0.15, 0.2) is 36.4 Å². The number of amides is 2. The molecule has 40 heavy (non-hydrogen) atoms. The monoisotopic (exact) mass is 543 g/mol. The summed E-state index contributed by atoms with van der Waals surface area (Å²) in [5.74, 6) is 1.43. The summed E-state index contributed by atoms with van der Waals surface area (Å²) in [6, 6.07) is 12.3. The summed E-state index contributed by atoms with van der Waals surface area (Å²) in [5.41, 5.74) is 11.7. The lowest BCUT2D eigenvalue weighted by molar-refractivity contribution is -0.118. The highest BCUT2D eigenvalue weighted by atomic mass is 16.5. The summed E-state index contributed by atoms with van der Waals surface area (Å²) in [6.07, 6.45) is 2.75. The number of aromatic nitrogens is 3. The number of hydrogen-bond donors (Lipinski definition) is 2. The molecule has 4 heterocycles. The van der Waals surface area contributed by atoms with Crippen LogP contribution in [0.2, 0.25) is 0 Å². The molecule has 3 N–H and O–H groups in total. The topological polar surface area (TPSA) is 111 Å². The van der Waals surface area contributed by atoms with E-state index < -0.39 is 0 Å². The van der Waals surface area contributed by atoms with Crippen LogP contribution in [-0.4, -0.2) is 76.7 Å². The number of para-hydroxylation sites is 1. The van der Waals surface area contributed by atoms with E-state index in [0.717, 1.165) is 66.8 Å². The highest BCUT2D eigenvalue weighted by molar-refractivity contribution is 6.01. The predicted octanol–water partition coefficient (Wildman–Crippen LogP) is 3.11. The van der Waals surface area contributed by atoms with Gasteiger partial charge in [-0.15, -0.1) is 0 Å². The van der Waals surface area contributed by atoms with Crippen LogP contribution in [0, 0.1) is 0 Å². The Labute approximate surface area is 233 Å². The van der Waals surface area contributed by atoms with Gasteiger partial charge < -0.3 is 34.7 Å². The first-order valence-electron chi connectivity index (χ1n) is 14.1. The molecule has 1 saturated heterocycles. The number of carbonyl (C=O) groups is 2. The fourth-order valence-electron chi connectivity index (χ4n) is 6.28. The Morgan fingerprint density at radius 3 is 2.77 bits per heavy atom. The number of methoxy groups -OCH3 is 1. The molecule has 2 aliphatic rings. The average Bonchev–Trinajstić information content (AvgIpc) is 3.49. The van der Waals surface area contributed by atoms with E-state index in [4.69, 9.17) is 15.5 Å². The fourth-order valence-corrected chi connectivity index (χ4v) is 6.28. The molecule has 2 aromatic carbocycles. The second-order valence-electron chi connectivity index (χ2n) is 10.9. The number of aryl methyl sites for hydroxylation is 1.